The van der Waals surface area contributed by atoms with Crippen LogP contribution in [0.4, 0.5) is 0 Å². The van der Waals surface area contributed by atoms with Crippen molar-refractivity contribution >= 4 is 24.1 Å². The summed E-state index contributed by atoms with van der Waals surface area (Å²) in [6.07, 6.45) is 12.7. The first-order valence-corrected chi connectivity index (χ1v) is 13.4. The van der Waals surface area contributed by atoms with Crippen LogP contribution in [0.25, 0.3) is 0 Å². The SMILES string of the molecule is NC(N)=NCCC[C@@H](C=O)NC(=O)[C@@H]1C[C@H]2CCCC[C@H]2N1C(=O)[C@H]1NCC[C@@H]2CCCCC21. The first-order chi connectivity index (χ1) is 16.5. The van der Waals surface area contributed by atoms with Gasteiger partial charge in [0.2, 0.25) is 11.8 Å². The minimum Gasteiger partial charge on any atom is -0.370 e. The summed E-state index contributed by atoms with van der Waals surface area (Å²) >= 11 is 0. The summed E-state index contributed by atoms with van der Waals surface area (Å²) in [6.45, 7) is 1.29. The Balaban J connectivity index is 1.46. The van der Waals surface area contributed by atoms with Gasteiger partial charge >= 0.3 is 0 Å². The Bertz CT molecular complexity index is 768. The number of fused-ring (bicyclic) bond motifs is 2. The fraction of sp³-hybridized carbons (Fsp3) is 0.840. The van der Waals surface area contributed by atoms with Crippen molar-refractivity contribution in [3.8, 4) is 0 Å². The molecule has 0 radical (unpaired) electrons. The Morgan fingerprint density at radius 1 is 1.06 bits per heavy atom. The Morgan fingerprint density at radius 3 is 2.56 bits per heavy atom. The van der Waals surface area contributed by atoms with Gasteiger partial charge in [0, 0.05) is 12.6 Å². The lowest BCUT2D eigenvalue weighted by Gasteiger charge is -2.44. The van der Waals surface area contributed by atoms with Crippen LogP contribution in [0.3, 0.4) is 0 Å². The van der Waals surface area contributed by atoms with E-state index in [9.17, 15) is 14.4 Å². The van der Waals surface area contributed by atoms with Crippen LogP contribution in [-0.4, -0.2) is 66.2 Å². The summed E-state index contributed by atoms with van der Waals surface area (Å²) in [7, 11) is 0. The fourth-order valence-corrected chi connectivity index (χ4v) is 7.02. The maximum atomic E-state index is 14.0. The number of hydrogen-bond donors (Lipinski definition) is 4. The van der Waals surface area contributed by atoms with Gasteiger partial charge in [0.05, 0.1) is 12.1 Å². The van der Waals surface area contributed by atoms with E-state index in [1.807, 2.05) is 4.90 Å². The molecule has 4 aliphatic rings. The van der Waals surface area contributed by atoms with Gasteiger partial charge in [0.15, 0.2) is 5.96 Å². The summed E-state index contributed by atoms with van der Waals surface area (Å²) in [4.78, 5) is 45.0. The number of nitrogens with zero attached hydrogens (tertiary/aromatic N) is 2. The van der Waals surface area contributed by atoms with Crippen molar-refractivity contribution in [2.45, 2.75) is 101 Å². The number of piperidine rings is 1. The van der Waals surface area contributed by atoms with Crippen molar-refractivity contribution in [2.75, 3.05) is 13.1 Å². The van der Waals surface area contributed by atoms with Crippen molar-refractivity contribution in [1.82, 2.24) is 15.5 Å². The summed E-state index contributed by atoms with van der Waals surface area (Å²) in [5.41, 5.74) is 10.7. The molecule has 0 bridgehead atoms. The zero-order chi connectivity index (χ0) is 24.1. The third-order valence-corrected chi connectivity index (χ3v) is 8.65. The van der Waals surface area contributed by atoms with E-state index in [2.05, 4.69) is 15.6 Å². The van der Waals surface area contributed by atoms with E-state index in [4.69, 9.17) is 11.5 Å². The molecule has 4 rings (SSSR count). The van der Waals surface area contributed by atoms with Crippen LogP contribution >= 0.6 is 0 Å². The van der Waals surface area contributed by atoms with Crippen LogP contribution in [0, 0.1) is 17.8 Å². The molecule has 0 aromatic rings. The highest BCUT2D eigenvalue weighted by Crippen LogP contribution is 2.43. The van der Waals surface area contributed by atoms with Crippen LogP contribution in [-0.2, 0) is 14.4 Å². The predicted octanol–water partition coefficient (Wildman–Crippen LogP) is 1.05. The number of aliphatic imine (C=N–C) groups is 1. The van der Waals surface area contributed by atoms with E-state index in [1.165, 1.54) is 19.3 Å². The van der Waals surface area contributed by atoms with Gasteiger partial charge in [-0.05, 0) is 69.2 Å². The lowest BCUT2D eigenvalue weighted by Crippen LogP contribution is -2.60. The average Bonchev–Trinajstić information content (AvgIpc) is 3.24. The number of nitrogens with two attached hydrogens (primary N) is 2. The van der Waals surface area contributed by atoms with Gasteiger partial charge in [-0.3, -0.25) is 14.6 Å². The first-order valence-electron chi connectivity index (χ1n) is 13.4. The van der Waals surface area contributed by atoms with Crippen LogP contribution in [0.2, 0.25) is 0 Å². The quantitative estimate of drug-likeness (QED) is 0.179. The number of amides is 2. The van der Waals surface area contributed by atoms with Crippen molar-refractivity contribution in [3.05, 3.63) is 0 Å². The lowest BCUT2D eigenvalue weighted by atomic mass is 9.71. The Hall–Kier alpha value is -2.16. The fourth-order valence-electron chi connectivity index (χ4n) is 7.02. The van der Waals surface area contributed by atoms with E-state index in [0.29, 0.717) is 43.6 Å². The molecule has 2 amide bonds. The van der Waals surface area contributed by atoms with Gasteiger partial charge in [-0.1, -0.05) is 32.1 Å². The number of hydrogen-bond acceptors (Lipinski definition) is 5. The van der Waals surface area contributed by atoms with Crippen LogP contribution < -0.4 is 22.1 Å². The molecule has 34 heavy (non-hydrogen) atoms. The first kappa shape index (κ1) is 24.9. The molecule has 6 N–H and O–H groups in total. The molecule has 2 saturated heterocycles. The van der Waals surface area contributed by atoms with Crippen LogP contribution in [0.1, 0.15) is 77.0 Å². The Kier molecular flexibility index (Phi) is 8.45. The zero-order valence-corrected chi connectivity index (χ0v) is 20.3. The molecule has 190 valence electrons. The maximum Gasteiger partial charge on any atom is 0.243 e. The monoisotopic (exact) mass is 474 g/mol. The largest absolute Gasteiger partial charge is 0.370 e. The number of carbonyl (C=O) groups excluding carboxylic acids is 3. The van der Waals surface area contributed by atoms with E-state index < -0.39 is 12.1 Å². The predicted molar refractivity (Wildman–Crippen MR) is 131 cm³/mol. The van der Waals surface area contributed by atoms with Crippen molar-refractivity contribution < 1.29 is 14.4 Å². The zero-order valence-electron chi connectivity index (χ0n) is 20.3. The number of aldehydes is 1. The molecule has 0 aromatic heterocycles. The number of guanidine groups is 1. The summed E-state index contributed by atoms with van der Waals surface area (Å²) in [6, 6.07) is -1.14. The molecule has 0 spiro atoms. The molecule has 2 aliphatic heterocycles. The molecule has 7 atom stereocenters. The normalized spacial score (nSPS) is 33.8. The maximum absolute atomic E-state index is 14.0. The molecule has 1 unspecified atom stereocenters. The third-order valence-electron chi connectivity index (χ3n) is 8.65. The molecular weight excluding hydrogens is 432 g/mol. The minimum atomic E-state index is -0.600. The van der Waals surface area contributed by atoms with Gasteiger partial charge < -0.3 is 31.8 Å². The van der Waals surface area contributed by atoms with Crippen molar-refractivity contribution in [3.63, 3.8) is 0 Å². The highest BCUT2D eigenvalue weighted by Gasteiger charge is 2.51. The molecular formula is C25H42N6O3. The highest BCUT2D eigenvalue weighted by molar-refractivity contribution is 5.92. The van der Waals surface area contributed by atoms with Crippen LogP contribution in [0.5, 0.6) is 0 Å². The molecule has 9 nitrogen and oxygen atoms in total. The highest BCUT2D eigenvalue weighted by atomic mass is 16.2. The van der Waals surface area contributed by atoms with Gasteiger partial charge in [-0.15, -0.1) is 0 Å². The van der Waals surface area contributed by atoms with Gasteiger partial charge in [0.1, 0.15) is 12.3 Å². The van der Waals surface area contributed by atoms with Gasteiger partial charge in [-0.25, -0.2) is 0 Å². The molecule has 2 aliphatic carbocycles. The minimum absolute atomic E-state index is 0.0194. The summed E-state index contributed by atoms with van der Waals surface area (Å²) in [5.74, 6) is 1.30. The molecule has 4 fully saturated rings. The number of rotatable bonds is 8. The standard InChI is InChI=1S/C25H42N6O3/c26-25(27)29-12-5-8-18(15-32)30-23(33)21-14-17-7-2-4-10-20(17)31(21)24(34)22-19-9-3-1-6-16(19)11-13-28-22/h15-22,28H,1-14H2,(H,30,33)(H4,26,27,29)/t16-,17+,18-,19?,20+,21-,22-/m0/s1. The number of likely N-dealkylation sites (tertiary alicyclic amines) is 1. The Labute approximate surface area is 202 Å². The molecule has 2 heterocycles. The van der Waals surface area contributed by atoms with Gasteiger partial charge in [0.25, 0.3) is 0 Å². The lowest BCUT2D eigenvalue weighted by molar-refractivity contribution is -0.145. The second-order valence-corrected chi connectivity index (χ2v) is 10.7. The summed E-state index contributed by atoms with van der Waals surface area (Å²) in [5, 5.41) is 6.45. The molecule has 2 saturated carbocycles. The number of nitrogens with one attached hydrogen (secondary N) is 2. The average molecular weight is 475 g/mol. The molecule has 9 heteroatoms. The summed E-state index contributed by atoms with van der Waals surface area (Å²) < 4.78 is 0. The van der Waals surface area contributed by atoms with Crippen LogP contribution in [0.15, 0.2) is 4.99 Å². The van der Waals surface area contributed by atoms with E-state index in [0.717, 1.165) is 51.4 Å². The molecule has 0 aromatic carbocycles. The third kappa shape index (κ3) is 5.56. The van der Waals surface area contributed by atoms with E-state index in [1.54, 1.807) is 0 Å². The van der Waals surface area contributed by atoms with Crippen molar-refractivity contribution in [1.29, 1.82) is 0 Å². The second-order valence-electron chi connectivity index (χ2n) is 10.7. The smallest absolute Gasteiger partial charge is 0.243 e. The van der Waals surface area contributed by atoms with Gasteiger partial charge in [-0.2, -0.15) is 0 Å². The second kappa shape index (κ2) is 11.5. The van der Waals surface area contributed by atoms with Crippen molar-refractivity contribution in [2.24, 2.45) is 34.2 Å². The topological polar surface area (TPSA) is 143 Å². The van der Waals surface area contributed by atoms with E-state index in [-0.39, 0.29) is 29.9 Å². The number of carbonyl (C=O) groups is 3. The Morgan fingerprint density at radius 2 is 1.79 bits per heavy atom. The van der Waals surface area contributed by atoms with E-state index >= 15 is 0 Å².